The molecule has 0 unspecified atom stereocenters. The second kappa shape index (κ2) is 5.25. The van der Waals surface area contributed by atoms with Crippen molar-refractivity contribution < 1.29 is 9.53 Å². The van der Waals surface area contributed by atoms with Crippen molar-refractivity contribution in [1.29, 1.82) is 0 Å². The van der Waals surface area contributed by atoms with E-state index >= 15 is 0 Å². The normalized spacial score (nSPS) is 10.8. The number of ether oxygens (including phenoxy) is 1. The Hall–Kier alpha value is -2.28. The average molecular weight is 347 g/mol. The highest BCUT2D eigenvalue weighted by molar-refractivity contribution is 9.10. The molecule has 1 aromatic carbocycles. The third kappa shape index (κ3) is 2.40. The van der Waals surface area contributed by atoms with E-state index < -0.39 is 0 Å². The number of benzene rings is 1. The molecule has 0 amide bonds. The Morgan fingerprint density at radius 3 is 2.90 bits per heavy atom. The summed E-state index contributed by atoms with van der Waals surface area (Å²) in [5.41, 5.74) is 2.20. The van der Waals surface area contributed by atoms with Gasteiger partial charge in [0.1, 0.15) is 12.1 Å². The van der Waals surface area contributed by atoms with Gasteiger partial charge >= 0.3 is 0 Å². The molecule has 6 nitrogen and oxygen atoms in total. The Bertz CT molecular complexity index is 844. The summed E-state index contributed by atoms with van der Waals surface area (Å²) >= 11 is 3.31. The van der Waals surface area contributed by atoms with Gasteiger partial charge < -0.3 is 4.74 Å². The highest BCUT2D eigenvalue weighted by Crippen LogP contribution is 2.28. The molecule has 0 fully saturated rings. The van der Waals surface area contributed by atoms with Crippen molar-refractivity contribution in [1.82, 2.24) is 19.6 Å². The van der Waals surface area contributed by atoms with Gasteiger partial charge in [0.2, 0.25) is 5.88 Å². The molecule has 106 valence electrons. The number of fused-ring (bicyclic) bond motifs is 1. The molecule has 7 heteroatoms. The highest BCUT2D eigenvalue weighted by atomic mass is 79.9. The van der Waals surface area contributed by atoms with E-state index in [-0.39, 0.29) is 0 Å². The lowest BCUT2D eigenvalue weighted by molar-refractivity contribution is 0.112. The number of halogens is 1. The summed E-state index contributed by atoms with van der Waals surface area (Å²) in [4.78, 5) is 19.4. The molecule has 0 spiro atoms. The fourth-order valence-electron chi connectivity index (χ4n) is 1.91. The molecule has 0 N–H and O–H groups in total. The Labute approximate surface area is 128 Å². The van der Waals surface area contributed by atoms with Gasteiger partial charge in [-0.05, 0) is 32.0 Å². The van der Waals surface area contributed by atoms with Crippen LogP contribution in [-0.4, -0.2) is 25.9 Å². The van der Waals surface area contributed by atoms with Crippen molar-refractivity contribution in [3.63, 3.8) is 0 Å². The largest absolute Gasteiger partial charge is 0.438 e. The van der Waals surface area contributed by atoms with Crippen molar-refractivity contribution >= 4 is 28.0 Å². The van der Waals surface area contributed by atoms with Gasteiger partial charge in [-0.25, -0.2) is 4.98 Å². The van der Waals surface area contributed by atoms with Crippen LogP contribution < -0.4 is 4.74 Å². The predicted molar refractivity (Wildman–Crippen MR) is 79.9 cm³/mol. The summed E-state index contributed by atoms with van der Waals surface area (Å²) in [5.74, 6) is 1.56. The molecule has 3 aromatic rings. The SMILES string of the molecule is Cc1nc2ncnn2c(Oc2ccc(Br)c(C=O)c2)c1C. The van der Waals surface area contributed by atoms with E-state index in [4.69, 9.17) is 4.74 Å². The molecule has 0 radical (unpaired) electrons. The van der Waals surface area contributed by atoms with E-state index in [1.807, 2.05) is 13.8 Å². The van der Waals surface area contributed by atoms with Gasteiger partial charge in [-0.3, -0.25) is 4.79 Å². The Balaban J connectivity index is 2.11. The first kappa shape index (κ1) is 13.7. The monoisotopic (exact) mass is 346 g/mol. The maximum absolute atomic E-state index is 11.0. The minimum atomic E-state index is 0.473. The average Bonchev–Trinajstić information content (AvgIpc) is 2.93. The number of hydrogen-bond donors (Lipinski definition) is 0. The molecule has 0 aliphatic heterocycles. The fraction of sp³-hybridized carbons (Fsp3) is 0.143. The highest BCUT2D eigenvalue weighted by Gasteiger charge is 2.13. The van der Waals surface area contributed by atoms with E-state index in [0.29, 0.717) is 23.0 Å². The van der Waals surface area contributed by atoms with Crippen molar-refractivity contribution in [3.05, 3.63) is 45.8 Å². The lowest BCUT2D eigenvalue weighted by Gasteiger charge is -2.12. The number of hydrogen-bond acceptors (Lipinski definition) is 5. The third-order valence-electron chi connectivity index (χ3n) is 3.16. The van der Waals surface area contributed by atoms with Gasteiger partial charge in [0.25, 0.3) is 5.78 Å². The topological polar surface area (TPSA) is 69.4 Å². The van der Waals surface area contributed by atoms with Crippen molar-refractivity contribution in [2.24, 2.45) is 0 Å². The molecule has 0 saturated heterocycles. The summed E-state index contributed by atoms with van der Waals surface area (Å²) in [7, 11) is 0. The first-order valence-electron chi connectivity index (χ1n) is 6.19. The van der Waals surface area contributed by atoms with Crippen LogP contribution in [0.4, 0.5) is 0 Å². The fourth-order valence-corrected chi connectivity index (χ4v) is 2.25. The molecular formula is C14H11BrN4O2. The number of rotatable bonds is 3. The lowest BCUT2D eigenvalue weighted by atomic mass is 10.2. The summed E-state index contributed by atoms with van der Waals surface area (Å²) in [6.07, 6.45) is 2.19. The second-order valence-corrected chi connectivity index (χ2v) is 5.36. The second-order valence-electron chi connectivity index (χ2n) is 4.50. The van der Waals surface area contributed by atoms with Crippen LogP contribution in [0.2, 0.25) is 0 Å². The van der Waals surface area contributed by atoms with E-state index in [2.05, 4.69) is 31.0 Å². The number of aryl methyl sites for hydroxylation is 1. The maximum Gasteiger partial charge on any atom is 0.255 e. The minimum absolute atomic E-state index is 0.473. The molecule has 0 aliphatic carbocycles. The van der Waals surface area contributed by atoms with Crippen LogP contribution in [0.5, 0.6) is 11.6 Å². The number of carbonyl (C=O) groups is 1. The molecule has 0 aliphatic rings. The lowest BCUT2D eigenvalue weighted by Crippen LogP contribution is -2.03. The Morgan fingerprint density at radius 2 is 2.14 bits per heavy atom. The summed E-state index contributed by atoms with van der Waals surface area (Å²) in [6.45, 7) is 3.79. The summed E-state index contributed by atoms with van der Waals surface area (Å²) < 4.78 is 8.15. The molecule has 0 atom stereocenters. The van der Waals surface area contributed by atoms with Crippen LogP contribution in [0.3, 0.4) is 0 Å². The third-order valence-corrected chi connectivity index (χ3v) is 3.88. The predicted octanol–water partition coefficient (Wildman–Crippen LogP) is 3.11. The number of carbonyl (C=O) groups excluding carboxylic acids is 1. The number of aromatic nitrogens is 4. The van der Waals surface area contributed by atoms with Crippen LogP contribution in [0.1, 0.15) is 21.6 Å². The van der Waals surface area contributed by atoms with Crippen molar-refractivity contribution in [2.45, 2.75) is 13.8 Å². The zero-order chi connectivity index (χ0) is 15.0. The minimum Gasteiger partial charge on any atom is -0.438 e. The van der Waals surface area contributed by atoms with E-state index in [9.17, 15) is 4.79 Å². The maximum atomic E-state index is 11.0. The van der Waals surface area contributed by atoms with Gasteiger partial charge in [0.15, 0.2) is 6.29 Å². The molecular weight excluding hydrogens is 336 g/mol. The van der Waals surface area contributed by atoms with Gasteiger partial charge in [0, 0.05) is 21.3 Å². The number of nitrogens with zero attached hydrogens (tertiary/aromatic N) is 4. The van der Waals surface area contributed by atoms with Gasteiger partial charge in [0.05, 0.1) is 0 Å². The smallest absolute Gasteiger partial charge is 0.255 e. The van der Waals surface area contributed by atoms with Crippen molar-refractivity contribution in [2.75, 3.05) is 0 Å². The Morgan fingerprint density at radius 1 is 1.33 bits per heavy atom. The van der Waals surface area contributed by atoms with Crippen LogP contribution in [0.15, 0.2) is 29.0 Å². The molecule has 2 aromatic heterocycles. The zero-order valence-corrected chi connectivity index (χ0v) is 13.0. The Kier molecular flexibility index (Phi) is 3.42. The standard InChI is InChI=1S/C14H11BrN4O2/c1-8-9(2)18-14-16-7-17-19(14)13(8)21-11-3-4-12(15)10(5-11)6-20/h3-7H,1-2H3. The zero-order valence-electron chi connectivity index (χ0n) is 11.4. The van der Waals surface area contributed by atoms with Gasteiger partial charge in [-0.15, -0.1) is 0 Å². The van der Waals surface area contributed by atoms with Gasteiger partial charge in [-0.2, -0.15) is 14.6 Å². The number of aldehydes is 1. The van der Waals surface area contributed by atoms with Crippen LogP contribution >= 0.6 is 15.9 Å². The van der Waals surface area contributed by atoms with E-state index in [1.165, 1.54) is 10.8 Å². The first-order chi connectivity index (χ1) is 10.1. The van der Waals surface area contributed by atoms with E-state index in [0.717, 1.165) is 22.0 Å². The van der Waals surface area contributed by atoms with E-state index in [1.54, 1.807) is 18.2 Å². The molecule has 0 saturated carbocycles. The molecule has 3 rings (SSSR count). The van der Waals surface area contributed by atoms with Crippen LogP contribution in [0, 0.1) is 13.8 Å². The molecule has 21 heavy (non-hydrogen) atoms. The molecule has 0 bridgehead atoms. The van der Waals surface area contributed by atoms with Crippen LogP contribution in [0.25, 0.3) is 5.78 Å². The molecule has 2 heterocycles. The van der Waals surface area contributed by atoms with Crippen molar-refractivity contribution in [3.8, 4) is 11.6 Å². The van der Waals surface area contributed by atoms with Gasteiger partial charge in [-0.1, -0.05) is 15.9 Å². The quantitative estimate of drug-likeness (QED) is 0.681. The first-order valence-corrected chi connectivity index (χ1v) is 6.99. The summed E-state index contributed by atoms with van der Waals surface area (Å²) in [5, 5.41) is 4.12. The summed E-state index contributed by atoms with van der Waals surface area (Å²) in [6, 6.07) is 5.20. The van der Waals surface area contributed by atoms with Crippen LogP contribution in [-0.2, 0) is 0 Å².